The molecule has 1 heterocycles. The molecule has 1 N–H and O–H groups in total. The smallest absolute Gasteiger partial charge is 0.244 e. The van der Waals surface area contributed by atoms with E-state index < -0.39 is 0 Å². The molecule has 7 rings (SSSR count). The van der Waals surface area contributed by atoms with Gasteiger partial charge in [0.25, 0.3) is 0 Å². The number of fused-ring (bicyclic) bond motifs is 1. The maximum absolute atomic E-state index is 14.4. The largest absolute Gasteiger partial charge is 0.324 e. The van der Waals surface area contributed by atoms with E-state index in [-0.39, 0.29) is 29.8 Å². The Kier molecular flexibility index (Phi) is 4.28. The highest BCUT2D eigenvalue weighted by Gasteiger charge is 2.56. The van der Waals surface area contributed by atoms with Crippen molar-refractivity contribution in [3.63, 3.8) is 0 Å². The number of benzene rings is 2. The molecule has 4 nitrogen and oxygen atoms in total. The van der Waals surface area contributed by atoms with E-state index in [0.717, 1.165) is 41.6 Å². The molecule has 4 saturated carbocycles. The number of carbonyl (C=O) groups excluding carboxylic acids is 2. The van der Waals surface area contributed by atoms with Gasteiger partial charge in [-0.2, -0.15) is 0 Å². The minimum Gasteiger partial charge on any atom is -0.324 e. The van der Waals surface area contributed by atoms with E-state index in [1.54, 1.807) is 0 Å². The molecule has 5 aliphatic rings. The molecule has 2 aromatic carbocycles. The highest BCUT2D eigenvalue weighted by molar-refractivity contribution is 5.98. The molecule has 0 unspecified atom stereocenters. The summed E-state index contributed by atoms with van der Waals surface area (Å²) in [6, 6.07) is 16.1. The highest BCUT2D eigenvalue weighted by atomic mass is 16.2. The minimum absolute atomic E-state index is 0.0957. The summed E-state index contributed by atoms with van der Waals surface area (Å²) >= 11 is 0. The fraction of sp³-hybridized carbons (Fsp3) is 0.481. The topological polar surface area (TPSA) is 49.4 Å². The van der Waals surface area contributed by atoms with Crippen LogP contribution in [0.4, 0.5) is 5.69 Å². The van der Waals surface area contributed by atoms with E-state index in [1.165, 1.54) is 19.3 Å². The van der Waals surface area contributed by atoms with Crippen LogP contribution in [0.2, 0.25) is 0 Å². The maximum atomic E-state index is 14.4. The van der Waals surface area contributed by atoms with Crippen LogP contribution in [0.5, 0.6) is 0 Å². The van der Waals surface area contributed by atoms with Gasteiger partial charge in [-0.1, -0.05) is 48.0 Å². The molecular weight excluding hydrogens is 384 g/mol. The van der Waals surface area contributed by atoms with Crippen molar-refractivity contribution in [2.45, 2.75) is 51.5 Å². The van der Waals surface area contributed by atoms with E-state index >= 15 is 0 Å². The second-order valence-corrected chi connectivity index (χ2v) is 10.6. The summed E-state index contributed by atoms with van der Waals surface area (Å²) in [6.45, 7) is 2.19. The van der Waals surface area contributed by atoms with Gasteiger partial charge in [0.05, 0.1) is 11.5 Å². The Hall–Kier alpha value is -2.62. The lowest BCUT2D eigenvalue weighted by Gasteiger charge is -2.57. The molecule has 0 spiro atoms. The molecule has 1 atom stereocenters. The second kappa shape index (κ2) is 6.94. The predicted octanol–water partition coefficient (Wildman–Crippen LogP) is 5.08. The zero-order valence-electron chi connectivity index (χ0n) is 18.1. The molecule has 160 valence electrons. The lowest BCUT2D eigenvalue weighted by atomic mass is 9.49. The molecule has 4 fully saturated rings. The number of amides is 2. The maximum Gasteiger partial charge on any atom is 0.244 e. The van der Waals surface area contributed by atoms with Gasteiger partial charge in [0.1, 0.15) is 6.54 Å². The second-order valence-electron chi connectivity index (χ2n) is 10.6. The van der Waals surface area contributed by atoms with Crippen LogP contribution in [-0.2, 0) is 9.59 Å². The van der Waals surface area contributed by atoms with Gasteiger partial charge < -0.3 is 10.2 Å². The van der Waals surface area contributed by atoms with Crippen LogP contribution in [0.3, 0.4) is 0 Å². The Balaban J connectivity index is 1.47. The Labute approximate surface area is 184 Å². The first-order valence-electron chi connectivity index (χ1n) is 11.8. The van der Waals surface area contributed by atoms with E-state index in [9.17, 15) is 9.59 Å². The fourth-order valence-corrected chi connectivity index (χ4v) is 7.49. The number of anilines is 1. The lowest BCUT2D eigenvalue weighted by molar-refractivity contribution is -0.160. The van der Waals surface area contributed by atoms with E-state index in [0.29, 0.717) is 17.8 Å². The normalized spacial score (nSPS) is 33.6. The molecule has 4 heteroatoms. The average molecular weight is 415 g/mol. The summed E-state index contributed by atoms with van der Waals surface area (Å²) in [5, 5.41) is 3.08. The Morgan fingerprint density at radius 1 is 0.968 bits per heavy atom. The van der Waals surface area contributed by atoms with Gasteiger partial charge in [0, 0.05) is 11.3 Å². The summed E-state index contributed by atoms with van der Waals surface area (Å²) in [5.41, 5.74) is 3.79. The summed E-state index contributed by atoms with van der Waals surface area (Å²) in [4.78, 5) is 29.2. The molecule has 2 amide bonds. The lowest BCUT2D eigenvalue weighted by Crippen LogP contribution is -2.55. The van der Waals surface area contributed by atoms with Crippen molar-refractivity contribution in [2.75, 3.05) is 11.9 Å². The first-order chi connectivity index (χ1) is 15.0. The standard InChI is InChI=1S/C27H30N2O2/c1-17-7-8-23-22(9-17)25(21-5-3-2-4-6-21)29(16-24(30)28-23)26(31)27-13-18-10-19(14-27)12-20(11-18)15-27/h2-9,18-20,25H,10-16H2,1H3,(H,28,30)/t18?,19?,20?,25-,27?/m0/s1. The number of nitrogens with one attached hydrogen (secondary N) is 1. The average Bonchev–Trinajstić information content (AvgIpc) is 2.88. The molecule has 4 bridgehead atoms. The number of hydrogen-bond donors (Lipinski definition) is 1. The zero-order chi connectivity index (χ0) is 21.2. The van der Waals surface area contributed by atoms with Crippen LogP contribution in [0.25, 0.3) is 0 Å². The number of carbonyl (C=O) groups is 2. The summed E-state index contributed by atoms with van der Waals surface area (Å²) in [7, 11) is 0. The molecule has 0 aromatic heterocycles. The van der Waals surface area contributed by atoms with Crippen LogP contribution in [-0.4, -0.2) is 23.3 Å². The van der Waals surface area contributed by atoms with Gasteiger partial charge in [-0.15, -0.1) is 0 Å². The molecule has 0 saturated heterocycles. The van der Waals surface area contributed by atoms with Gasteiger partial charge in [0.2, 0.25) is 11.8 Å². The Bertz CT molecular complexity index is 1010. The fourth-order valence-electron chi connectivity index (χ4n) is 7.49. The number of aryl methyl sites for hydroxylation is 1. The zero-order valence-corrected chi connectivity index (χ0v) is 18.1. The molecular formula is C27H30N2O2. The summed E-state index contributed by atoms with van der Waals surface area (Å²) in [6.07, 6.45) is 6.94. The van der Waals surface area contributed by atoms with Crippen molar-refractivity contribution in [1.29, 1.82) is 0 Å². The van der Waals surface area contributed by atoms with Crippen molar-refractivity contribution in [3.05, 3.63) is 65.2 Å². The number of rotatable bonds is 2. The van der Waals surface area contributed by atoms with Crippen LogP contribution in [0.15, 0.2) is 48.5 Å². The Morgan fingerprint density at radius 2 is 1.61 bits per heavy atom. The first kappa shape index (κ1) is 19.1. The molecule has 4 aliphatic carbocycles. The van der Waals surface area contributed by atoms with Gasteiger partial charge in [-0.3, -0.25) is 9.59 Å². The van der Waals surface area contributed by atoms with Gasteiger partial charge >= 0.3 is 0 Å². The van der Waals surface area contributed by atoms with Gasteiger partial charge in [0.15, 0.2) is 0 Å². The molecule has 0 radical (unpaired) electrons. The van der Waals surface area contributed by atoms with Crippen LogP contribution in [0, 0.1) is 30.1 Å². The van der Waals surface area contributed by atoms with Gasteiger partial charge in [-0.05, 0) is 74.8 Å². The van der Waals surface area contributed by atoms with Crippen LogP contribution in [0.1, 0.15) is 61.3 Å². The Morgan fingerprint density at radius 3 is 2.26 bits per heavy atom. The molecule has 31 heavy (non-hydrogen) atoms. The van der Waals surface area contributed by atoms with Crippen LogP contribution < -0.4 is 5.32 Å². The van der Waals surface area contributed by atoms with Gasteiger partial charge in [-0.25, -0.2) is 0 Å². The quantitative estimate of drug-likeness (QED) is 0.745. The number of nitrogens with zero attached hydrogens (tertiary/aromatic N) is 1. The van der Waals surface area contributed by atoms with Crippen molar-refractivity contribution in [3.8, 4) is 0 Å². The third-order valence-electron chi connectivity index (χ3n) is 8.27. The third-order valence-corrected chi connectivity index (χ3v) is 8.27. The van der Waals surface area contributed by atoms with E-state index in [4.69, 9.17) is 0 Å². The van der Waals surface area contributed by atoms with E-state index in [1.807, 2.05) is 35.2 Å². The van der Waals surface area contributed by atoms with Crippen LogP contribution >= 0.6 is 0 Å². The summed E-state index contributed by atoms with van der Waals surface area (Å²) < 4.78 is 0. The number of hydrogen-bond acceptors (Lipinski definition) is 2. The summed E-state index contributed by atoms with van der Waals surface area (Å²) in [5.74, 6) is 2.20. The monoisotopic (exact) mass is 414 g/mol. The minimum atomic E-state index is -0.267. The van der Waals surface area contributed by atoms with E-state index in [2.05, 4.69) is 30.4 Å². The third kappa shape index (κ3) is 3.10. The highest BCUT2D eigenvalue weighted by Crippen LogP contribution is 2.61. The van der Waals surface area contributed by atoms with Crippen molar-refractivity contribution < 1.29 is 9.59 Å². The van der Waals surface area contributed by atoms with Crippen molar-refractivity contribution in [2.24, 2.45) is 23.2 Å². The molecule has 1 aliphatic heterocycles. The van der Waals surface area contributed by atoms with Crippen molar-refractivity contribution >= 4 is 17.5 Å². The first-order valence-corrected chi connectivity index (χ1v) is 11.8. The SMILES string of the molecule is Cc1ccc2c(c1)[C@H](c1ccccc1)N(C(=O)C13CC4CC(CC(C4)C1)C3)CC(=O)N2. The molecule has 2 aromatic rings. The predicted molar refractivity (Wildman–Crippen MR) is 120 cm³/mol. The van der Waals surface area contributed by atoms with Crippen molar-refractivity contribution in [1.82, 2.24) is 4.90 Å².